The van der Waals surface area contributed by atoms with Crippen molar-refractivity contribution < 1.29 is 19.0 Å². The number of urea groups is 1. The summed E-state index contributed by atoms with van der Waals surface area (Å²) in [6, 6.07) is 20.9. The van der Waals surface area contributed by atoms with Gasteiger partial charge in [0.05, 0.1) is 39.1 Å². The molecule has 7 heteroatoms. The summed E-state index contributed by atoms with van der Waals surface area (Å²) >= 11 is 6.08. The van der Waals surface area contributed by atoms with Gasteiger partial charge in [-0.1, -0.05) is 48.0 Å². The average molecular weight is 453 g/mol. The number of hydrogen-bond donors (Lipinski definition) is 1. The minimum atomic E-state index is -0.243. The van der Waals surface area contributed by atoms with Crippen LogP contribution in [0.15, 0.2) is 66.7 Å². The molecule has 0 aliphatic carbocycles. The molecule has 3 aromatic rings. The third-order valence-corrected chi connectivity index (χ3v) is 5.41. The number of amides is 2. The first-order chi connectivity index (χ1) is 15.6. The normalized spacial score (nSPS) is 13.0. The van der Waals surface area contributed by atoms with E-state index in [1.807, 2.05) is 48.5 Å². The third kappa shape index (κ3) is 5.52. The lowest BCUT2D eigenvalue weighted by Gasteiger charge is -2.21. The number of rotatable bonds is 6. The van der Waals surface area contributed by atoms with E-state index in [1.165, 1.54) is 0 Å². The SMILES string of the molecule is COc1ccc(Cl)cc1NC(=O)N1CCOc2ccc(COCc3ccccc3)cc2C1. The molecule has 1 aliphatic heterocycles. The summed E-state index contributed by atoms with van der Waals surface area (Å²) in [6.45, 7) is 2.33. The molecule has 0 unspecified atom stereocenters. The molecule has 0 atom stereocenters. The van der Waals surface area contributed by atoms with Crippen molar-refractivity contribution in [1.82, 2.24) is 4.90 Å². The van der Waals surface area contributed by atoms with Gasteiger partial charge in [0, 0.05) is 10.6 Å². The molecule has 166 valence electrons. The molecule has 4 rings (SSSR count). The monoisotopic (exact) mass is 452 g/mol. The number of benzene rings is 3. The Kier molecular flexibility index (Phi) is 7.14. The fourth-order valence-corrected chi connectivity index (χ4v) is 3.72. The molecule has 1 N–H and O–H groups in total. The Morgan fingerprint density at radius 2 is 1.88 bits per heavy atom. The van der Waals surface area contributed by atoms with Crippen molar-refractivity contribution in [1.29, 1.82) is 0 Å². The Morgan fingerprint density at radius 3 is 2.69 bits per heavy atom. The number of anilines is 1. The highest BCUT2D eigenvalue weighted by Crippen LogP contribution is 2.29. The van der Waals surface area contributed by atoms with E-state index in [9.17, 15) is 4.79 Å². The number of fused-ring (bicyclic) bond motifs is 1. The van der Waals surface area contributed by atoms with Gasteiger partial charge < -0.3 is 24.4 Å². The van der Waals surface area contributed by atoms with Crippen molar-refractivity contribution in [3.63, 3.8) is 0 Å². The zero-order valence-electron chi connectivity index (χ0n) is 17.8. The van der Waals surface area contributed by atoms with Gasteiger partial charge in [-0.3, -0.25) is 0 Å². The highest BCUT2D eigenvalue weighted by Gasteiger charge is 2.21. The van der Waals surface area contributed by atoms with Crippen LogP contribution in [0, 0.1) is 0 Å². The van der Waals surface area contributed by atoms with Crippen molar-refractivity contribution in [2.24, 2.45) is 0 Å². The predicted octanol–water partition coefficient (Wildman–Crippen LogP) is 5.49. The maximum absolute atomic E-state index is 13.0. The van der Waals surface area contributed by atoms with E-state index < -0.39 is 0 Å². The Balaban J connectivity index is 1.42. The molecule has 0 spiro atoms. The lowest BCUT2D eigenvalue weighted by atomic mass is 10.1. The molecule has 3 aromatic carbocycles. The fourth-order valence-electron chi connectivity index (χ4n) is 3.54. The molecule has 1 aliphatic rings. The summed E-state index contributed by atoms with van der Waals surface area (Å²) in [6.07, 6.45) is 0. The molecule has 0 saturated heterocycles. The van der Waals surface area contributed by atoms with Crippen LogP contribution in [0.4, 0.5) is 10.5 Å². The van der Waals surface area contributed by atoms with Crippen LogP contribution in [-0.2, 0) is 24.5 Å². The zero-order chi connectivity index (χ0) is 22.3. The maximum atomic E-state index is 13.0. The summed E-state index contributed by atoms with van der Waals surface area (Å²) in [4.78, 5) is 14.7. The van der Waals surface area contributed by atoms with E-state index in [2.05, 4.69) is 5.32 Å². The summed E-state index contributed by atoms with van der Waals surface area (Å²) in [7, 11) is 1.55. The first-order valence-corrected chi connectivity index (χ1v) is 10.8. The number of halogens is 1. The molecule has 0 aromatic heterocycles. The van der Waals surface area contributed by atoms with Gasteiger partial charge in [-0.05, 0) is 41.5 Å². The highest BCUT2D eigenvalue weighted by atomic mass is 35.5. The molecule has 6 nitrogen and oxygen atoms in total. The van der Waals surface area contributed by atoms with Gasteiger partial charge in [0.15, 0.2) is 0 Å². The quantitative estimate of drug-likeness (QED) is 0.537. The number of methoxy groups -OCH3 is 1. The molecule has 2 amide bonds. The van der Waals surface area contributed by atoms with Crippen molar-refractivity contribution >= 4 is 23.3 Å². The van der Waals surface area contributed by atoms with Crippen molar-refractivity contribution in [3.8, 4) is 11.5 Å². The van der Waals surface area contributed by atoms with Gasteiger partial charge in [-0.2, -0.15) is 0 Å². The van der Waals surface area contributed by atoms with Gasteiger partial charge in [0.25, 0.3) is 0 Å². The molecule has 0 radical (unpaired) electrons. The first kappa shape index (κ1) is 22.0. The van der Waals surface area contributed by atoms with E-state index in [4.69, 9.17) is 25.8 Å². The second-order valence-electron chi connectivity index (χ2n) is 7.47. The van der Waals surface area contributed by atoms with E-state index in [1.54, 1.807) is 30.2 Å². The lowest BCUT2D eigenvalue weighted by Crippen LogP contribution is -2.36. The van der Waals surface area contributed by atoms with Crippen LogP contribution in [0.3, 0.4) is 0 Å². The van der Waals surface area contributed by atoms with Gasteiger partial charge >= 0.3 is 6.03 Å². The van der Waals surface area contributed by atoms with Crippen molar-refractivity contribution in [2.45, 2.75) is 19.8 Å². The lowest BCUT2D eigenvalue weighted by molar-refractivity contribution is 0.107. The summed E-state index contributed by atoms with van der Waals surface area (Å²) in [5, 5.41) is 3.41. The van der Waals surface area contributed by atoms with Crippen molar-refractivity contribution in [3.05, 3.63) is 88.4 Å². The van der Waals surface area contributed by atoms with Gasteiger partial charge in [-0.15, -0.1) is 0 Å². The van der Waals surface area contributed by atoms with Crippen LogP contribution in [0.2, 0.25) is 5.02 Å². The van der Waals surface area contributed by atoms with Crippen LogP contribution in [0.5, 0.6) is 11.5 Å². The molecule has 0 saturated carbocycles. The number of carbonyl (C=O) groups is 1. The van der Waals surface area contributed by atoms with E-state index in [-0.39, 0.29) is 6.03 Å². The second-order valence-corrected chi connectivity index (χ2v) is 7.90. The van der Waals surface area contributed by atoms with E-state index >= 15 is 0 Å². The number of ether oxygens (including phenoxy) is 3. The van der Waals surface area contributed by atoms with Crippen LogP contribution in [-0.4, -0.2) is 31.2 Å². The molecule has 32 heavy (non-hydrogen) atoms. The van der Waals surface area contributed by atoms with Crippen LogP contribution in [0.25, 0.3) is 0 Å². The number of hydrogen-bond acceptors (Lipinski definition) is 4. The molecule has 1 heterocycles. The molecular weight excluding hydrogens is 428 g/mol. The summed E-state index contributed by atoms with van der Waals surface area (Å²) in [5.74, 6) is 1.33. The topological polar surface area (TPSA) is 60.0 Å². The largest absolute Gasteiger partial charge is 0.495 e. The Labute approximate surface area is 192 Å². The minimum Gasteiger partial charge on any atom is -0.495 e. The summed E-state index contributed by atoms with van der Waals surface area (Å²) < 4.78 is 17.0. The van der Waals surface area contributed by atoms with Gasteiger partial charge in [0.2, 0.25) is 0 Å². The zero-order valence-corrected chi connectivity index (χ0v) is 18.6. The molecule has 0 fully saturated rings. The third-order valence-electron chi connectivity index (χ3n) is 5.18. The number of carbonyl (C=O) groups excluding carboxylic acids is 1. The van der Waals surface area contributed by atoms with Crippen LogP contribution in [0.1, 0.15) is 16.7 Å². The Bertz CT molecular complexity index is 1070. The van der Waals surface area contributed by atoms with Gasteiger partial charge in [-0.25, -0.2) is 4.79 Å². The molecular formula is C25H25ClN2O4. The average Bonchev–Trinajstić information content (AvgIpc) is 3.02. The van der Waals surface area contributed by atoms with Crippen molar-refractivity contribution in [2.75, 3.05) is 25.6 Å². The highest BCUT2D eigenvalue weighted by molar-refractivity contribution is 6.31. The van der Waals surface area contributed by atoms with E-state index in [0.717, 1.165) is 22.4 Å². The van der Waals surface area contributed by atoms with E-state index in [0.29, 0.717) is 49.4 Å². The standard InChI is InChI=1S/C25H25ClN2O4/c1-30-24-10-8-21(26)14-22(24)27-25(29)28-11-12-32-23-9-7-19(13-20(23)15-28)17-31-16-18-5-3-2-4-6-18/h2-10,13-14H,11-12,15-17H2,1H3,(H,27,29). The van der Waals surface area contributed by atoms with Crippen LogP contribution >= 0.6 is 11.6 Å². The smallest absolute Gasteiger partial charge is 0.322 e. The minimum absolute atomic E-state index is 0.243. The number of nitrogens with one attached hydrogen (secondary N) is 1. The second kappa shape index (κ2) is 10.4. The predicted molar refractivity (Wildman–Crippen MR) is 124 cm³/mol. The van der Waals surface area contributed by atoms with Crippen LogP contribution < -0.4 is 14.8 Å². The maximum Gasteiger partial charge on any atom is 0.322 e. The first-order valence-electron chi connectivity index (χ1n) is 10.4. The fraction of sp³-hybridized carbons (Fsp3) is 0.240. The van der Waals surface area contributed by atoms with Gasteiger partial charge in [0.1, 0.15) is 18.1 Å². The Morgan fingerprint density at radius 1 is 1.06 bits per heavy atom. The molecule has 0 bridgehead atoms. The number of nitrogens with zero attached hydrogens (tertiary/aromatic N) is 1. The summed E-state index contributed by atoms with van der Waals surface area (Å²) in [5.41, 5.74) is 3.63. The Hall–Kier alpha value is -3.22.